The molecule has 2 atom stereocenters. The Hall–Kier alpha value is -3.18. The van der Waals surface area contributed by atoms with E-state index in [4.69, 9.17) is 47.4 Å². The number of ketones is 1. The van der Waals surface area contributed by atoms with Gasteiger partial charge in [-0.15, -0.1) is 0 Å². The monoisotopic (exact) mass is 1380 g/mol. The molecule has 16 heteroatoms. The summed E-state index contributed by atoms with van der Waals surface area (Å²) in [5, 5.41) is 0. The van der Waals surface area contributed by atoms with Gasteiger partial charge in [0.15, 0.2) is 39.7 Å². The Morgan fingerprint density at radius 1 is 0.354 bits per heavy atom. The molecule has 8 rings (SSSR count). The maximum atomic E-state index is 12.6. The van der Waals surface area contributed by atoms with Gasteiger partial charge < -0.3 is 47.4 Å². The third kappa shape index (κ3) is 38.6. The predicted octanol–water partition coefficient (Wildman–Crippen LogP) is 22.8. The van der Waals surface area contributed by atoms with Crippen LogP contribution in [0.2, 0.25) is 0 Å². The summed E-state index contributed by atoms with van der Waals surface area (Å²) in [6.45, 7) is 30.0. The Kier molecular flexibility index (Phi) is 61.8. The zero-order chi connectivity index (χ0) is 64.0. The number of carbonyl (C=O) groups excluding carboxylic acids is 6. The first-order chi connectivity index (χ1) is 40.6. The van der Waals surface area contributed by atoms with Gasteiger partial charge in [0.1, 0.15) is 5.60 Å². The first-order valence-electron chi connectivity index (χ1n) is 34.1. The number of hydrogen-bond acceptors (Lipinski definition) is 16. The second-order valence-electron chi connectivity index (χ2n) is 29.1. The highest BCUT2D eigenvalue weighted by molar-refractivity contribution is 5.91. The van der Waals surface area contributed by atoms with Crippen molar-refractivity contribution in [2.75, 3.05) is 40.6 Å². The van der Waals surface area contributed by atoms with Gasteiger partial charge in [-0.1, -0.05) is 186 Å². The second kappa shape index (κ2) is 54.6. The van der Waals surface area contributed by atoms with Crippen molar-refractivity contribution in [3.05, 3.63) is 0 Å². The Balaban J connectivity index is -0.000000165. The van der Waals surface area contributed by atoms with Crippen LogP contribution in [-0.2, 0) is 76.1 Å². The van der Waals surface area contributed by atoms with Gasteiger partial charge in [-0.05, 0) is 203 Å². The molecule has 0 aromatic carbocycles. The molecule has 580 valence electrons. The molecule has 8 saturated carbocycles. The molecule has 0 amide bonds. The minimum absolute atomic E-state index is 0. The lowest BCUT2D eigenvalue weighted by Gasteiger charge is -2.54. The highest BCUT2D eigenvalue weighted by Gasteiger charge is 2.58. The van der Waals surface area contributed by atoms with E-state index in [2.05, 4.69) is 0 Å². The van der Waals surface area contributed by atoms with Crippen LogP contribution in [-0.4, -0.2) is 100 Å². The average Bonchev–Trinajstić information content (AvgIpc) is 1.24. The van der Waals surface area contributed by atoms with Gasteiger partial charge in [-0.3, -0.25) is 28.8 Å². The van der Waals surface area contributed by atoms with Crippen molar-refractivity contribution < 1.29 is 76.1 Å². The van der Waals surface area contributed by atoms with Crippen molar-refractivity contribution in [2.45, 2.75) is 395 Å². The first kappa shape index (κ1) is 109. The number of rotatable bonds is 26. The van der Waals surface area contributed by atoms with Crippen molar-refractivity contribution in [1.29, 1.82) is 0 Å². The Morgan fingerprint density at radius 2 is 0.604 bits per heavy atom. The van der Waals surface area contributed by atoms with E-state index >= 15 is 0 Å². The molecule has 16 nitrogen and oxygen atoms in total. The molecule has 0 heterocycles. The maximum absolute atomic E-state index is 12.6. The van der Waals surface area contributed by atoms with E-state index in [0.717, 1.165) is 103 Å². The fourth-order valence-electron chi connectivity index (χ4n) is 11.7. The van der Waals surface area contributed by atoms with Crippen LogP contribution in [0, 0.1) is 50.7 Å². The topological polar surface area (TPSA) is 195 Å². The minimum Gasteiger partial charge on any atom is -0.438 e. The van der Waals surface area contributed by atoms with Crippen molar-refractivity contribution in [3.63, 3.8) is 0 Å². The van der Waals surface area contributed by atoms with Crippen LogP contribution < -0.4 is 0 Å². The van der Waals surface area contributed by atoms with E-state index < -0.39 is 27.3 Å². The highest BCUT2D eigenvalue weighted by atomic mass is 16.7. The van der Waals surface area contributed by atoms with Gasteiger partial charge >= 0.3 is 29.8 Å². The summed E-state index contributed by atoms with van der Waals surface area (Å²) in [7, 11) is 0. The van der Waals surface area contributed by atoms with E-state index in [1.807, 2.05) is 104 Å². The smallest absolute Gasteiger partial charge is 0.313 e. The average molecular weight is 1380 g/mol. The van der Waals surface area contributed by atoms with Crippen molar-refractivity contribution in [2.24, 2.45) is 50.7 Å². The number of esters is 5. The third-order valence-electron chi connectivity index (χ3n) is 20.2. The predicted molar refractivity (Wildman–Crippen MR) is 401 cm³/mol. The number of ether oxygens (including phenoxy) is 10. The summed E-state index contributed by atoms with van der Waals surface area (Å²) < 4.78 is 53.8. The zero-order valence-corrected chi connectivity index (χ0v) is 57.0. The van der Waals surface area contributed by atoms with Crippen molar-refractivity contribution in [3.8, 4) is 0 Å². The van der Waals surface area contributed by atoms with E-state index in [9.17, 15) is 28.8 Å². The van der Waals surface area contributed by atoms with Gasteiger partial charge in [0.05, 0.1) is 52.0 Å². The number of hydrogen-bond donors (Lipinski definition) is 0. The molecule has 0 aromatic heterocycles. The van der Waals surface area contributed by atoms with Crippen LogP contribution in [0.1, 0.15) is 371 Å². The molecular weight excluding hydrogens is 1220 g/mol. The second-order valence-corrected chi connectivity index (χ2v) is 29.1. The molecule has 0 aliphatic heterocycles. The SMILES string of the molecule is C.C.C.C.C.C.C.C.C.C.CCC(C)(C)C(=O)OCOC12CC3CC(CC(C3)C1=O)C2.CCC(C)(C)C(=O)OCOC1CCCC1.CCC(C)(C)C(=O)OCOC1CCCCC1.CCC(C)(C)C(=O)OCOC1CCCCCC1.CCC(C)(C)C(=O)OCOCC1CCCCC1. The van der Waals surface area contributed by atoms with Crippen molar-refractivity contribution in [1.82, 2.24) is 0 Å². The van der Waals surface area contributed by atoms with Gasteiger partial charge in [0.2, 0.25) is 0 Å². The number of Topliss-reactive ketones (excluding diaryl/α,β-unsaturated/α-hetero) is 1. The molecular formula is C80H164O16. The minimum atomic E-state index is -0.647. The molecule has 4 bridgehead atoms. The van der Waals surface area contributed by atoms with Crippen LogP contribution in [0.25, 0.3) is 0 Å². The van der Waals surface area contributed by atoms with Gasteiger partial charge in [-0.2, -0.15) is 0 Å². The quantitative estimate of drug-likeness (QED) is 0.0261. The van der Waals surface area contributed by atoms with Crippen LogP contribution in [0.5, 0.6) is 0 Å². The third-order valence-corrected chi connectivity index (χ3v) is 20.2. The van der Waals surface area contributed by atoms with E-state index in [1.165, 1.54) is 96.3 Å². The fourth-order valence-corrected chi connectivity index (χ4v) is 11.7. The van der Waals surface area contributed by atoms with Crippen molar-refractivity contribution >= 4 is 35.6 Å². The van der Waals surface area contributed by atoms with Gasteiger partial charge in [0.25, 0.3) is 0 Å². The highest BCUT2D eigenvalue weighted by Crippen LogP contribution is 2.55. The molecule has 0 N–H and O–H groups in total. The molecule has 2 unspecified atom stereocenters. The van der Waals surface area contributed by atoms with E-state index in [1.54, 1.807) is 0 Å². The van der Waals surface area contributed by atoms with E-state index in [-0.39, 0.29) is 161 Å². The summed E-state index contributed by atoms with van der Waals surface area (Å²) in [4.78, 5) is 71.1. The molecule has 8 aliphatic carbocycles. The van der Waals surface area contributed by atoms with Crippen LogP contribution >= 0.6 is 0 Å². The Bertz CT molecular complexity index is 1960. The Labute approximate surface area is 595 Å². The molecule has 0 spiro atoms. The lowest BCUT2D eigenvalue weighted by Crippen LogP contribution is -2.59. The summed E-state index contributed by atoms with van der Waals surface area (Å²) in [5.74, 6) is 1.49. The normalized spacial score (nSPS) is 20.7. The summed E-state index contributed by atoms with van der Waals surface area (Å²) in [5.41, 5.74) is -2.71. The fraction of sp³-hybridized carbons (Fsp3) is 0.925. The Morgan fingerprint density at radius 3 is 0.896 bits per heavy atom. The summed E-state index contributed by atoms with van der Waals surface area (Å²) >= 11 is 0. The van der Waals surface area contributed by atoms with Gasteiger partial charge in [0, 0.05) is 5.92 Å². The summed E-state index contributed by atoms with van der Waals surface area (Å²) in [6.07, 6.45) is 34.2. The molecule has 0 saturated heterocycles. The largest absolute Gasteiger partial charge is 0.438 e. The zero-order valence-electron chi connectivity index (χ0n) is 57.0. The van der Waals surface area contributed by atoms with Crippen LogP contribution in [0.4, 0.5) is 0 Å². The maximum Gasteiger partial charge on any atom is 0.313 e. The lowest BCUT2D eigenvalue weighted by atomic mass is 9.53. The van der Waals surface area contributed by atoms with Crippen LogP contribution in [0.3, 0.4) is 0 Å². The standard InChI is InChI=1S/C17H26O4.2C14H26O3.C13H24O3.C12H22O3.10CH4/c1-4-16(2,3)15(19)20-10-21-17-8-11-5-12(9-17)7-13(6-11)14(17)18;1-4-14(2,3)13(15)17-11-16-10-12-8-6-5-7-9-12;1-4-14(2,3)13(15)17-11-16-12-9-7-5-6-8-10-12;1-4-13(2,3)12(14)16-10-15-11-8-6-5-7-9-11;1-4-12(2,3)11(13)15-9-14-10-7-5-6-8-10;;;;;;;;;;/h11-13H,4-10H2,1-3H3;2*12H,4-11H2,1-3H3;11H,4-10H2,1-3H3;10H,4-9H2,1-3H3;10*1H4. The molecule has 96 heavy (non-hydrogen) atoms. The van der Waals surface area contributed by atoms with Crippen LogP contribution in [0.15, 0.2) is 0 Å². The van der Waals surface area contributed by atoms with Gasteiger partial charge in [-0.25, -0.2) is 0 Å². The molecule has 8 aliphatic rings. The first-order valence-corrected chi connectivity index (χ1v) is 34.1. The van der Waals surface area contributed by atoms with E-state index in [0.29, 0.717) is 30.0 Å². The lowest BCUT2D eigenvalue weighted by molar-refractivity contribution is -0.211. The number of carbonyl (C=O) groups is 6. The summed E-state index contributed by atoms with van der Waals surface area (Å²) in [6, 6.07) is 0. The molecule has 0 radical (unpaired) electrons. The molecule has 0 aromatic rings. The molecule has 8 fully saturated rings.